The van der Waals surface area contributed by atoms with Gasteiger partial charge in [0, 0.05) is 30.3 Å². The number of likely N-dealkylation sites (tertiary alicyclic amines) is 1. The van der Waals surface area contributed by atoms with Crippen LogP contribution in [0.1, 0.15) is 68.1 Å². The van der Waals surface area contributed by atoms with Crippen molar-refractivity contribution in [2.75, 3.05) is 31.5 Å². The van der Waals surface area contributed by atoms with Gasteiger partial charge in [-0.05, 0) is 75.2 Å². The van der Waals surface area contributed by atoms with Crippen molar-refractivity contribution >= 4 is 29.9 Å². The molecule has 1 aliphatic carbocycles. The molecule has 1 aromatic rings. The Morgan fingerprint density at radius 1 is 1.00 bits per heavy atom. The van der Waals surface area contributed by atoms with Crippen molar-refractivity contribution in [2.45, 2.75) is 57.8 Å². The number of carbonyl (C=O) groups excluding carboxylic acids is 2. The smallest absolute Gasteiger partial charge is 0.253 e. The second kappa shape index (κ2) is 9.94. The van der Waals surface area contributed by atoms with E-state index < -0.39 is 0 Å². The summed E-state index contributed by atoms with van der Waals surface area (Å²) in [6.07, 6.45) is 10.2. The van der Waals surface area contributed by atoms with E-state index in [-0.39, 0.29) is 30.1 Å². The molecule has 0 bridgehead atoms. The lowest BCUT2D eigenvalue weighted by molar-refractivity contribution is -0.120. The summed E-state index contributed by atoms with van der Waals surface area (Å²) in [5, 5.41) is 6.49. The monoisotopic (exact) mass is 419 g/mol. The molecule has 2 N–H and O–H groups in total. The van der Waals surface area contributed by atoms with Gasteiger partial charge in [0.2, 0.25) is 5.91 Å². The van der Waals surface area contributed by atoms with Crippen molar-refractivity contribution in [1.82, 2.24) is 10.2 Å². The number of carbonyl (C=O) groups is 2. The van der Waals surface area contributed by atoms with Crippen molar-refractivity contribution < 1.29 is 9.59 Å². The topological polar surface area (TPSA) is 61.4 Å². The number of anilines is 1. The number of rotatable bonds is 3. The normalized spacial score (nSPS) is 22.0. The standard InChI is InChI=1S/C23H33N3O2.ClH/c27-21(18-5-2-1-3-6-18)25-20-8-4-7-19(17-20)22(28)26-15-11-23(12-16-26)9-13-24-14-10-23;/h4,7-8,17-18,24H,1-3,5-6,9-16H2,(H,25,27);1H. The van der Waals surface area contributed by atoms with Crippen molar-refractivity contribution in [3.05, 3.63) is 29.8 Å². The molecule has 2 saturated heterocycles. The van der Waals surface area contributed by atoms with Crippen molar-refractivity contribution in [3.8, 4) is 0 Å². The molecule has 1 saturated carbocycles. The minimum absolute atomic E-state index is 0. The van der Waals surface area contributed by atoms with Crippen LogP contribution >= 0.6 is 12.4 Å². The van der Waals surface area contributed by atoms with Gasteiger partial charge in [0.15, 0.2) is 0 Å². The van der Waals surface area contributed by atoms with Crippen LogP contribution in [-0.2, 0) is 4.79 Å². The van der Waals surface area contributed by atoms with E-state index in [0.29, 0.717) is 11.0 Å². The summed E-state index contributed by atoms with van der Waals surface area (Å²) in [5.74, 6) is 0.323. The van der Waals surface area contributed by atoms with Gasteiger partial charge in [-0.1, -0.05) is 25.3 Å². The summed E-state index contributed by atoms with van der Waals surface area (Å²) in [7, 11) is 0. The molecule has 4 rings (SSSR count). The number of hydrogen-bond donors (Lipinski definition) is 2. The lowest BCUT2D eigenvalue weighted by Crippen LogP contribution is -2.47. The highest BCUT2D eigenvalue weighted by Crippen LogP contribution is 2.39. The molecule has 0 unspecified atom stereocenters. The first kappa shape index (κ1) is 22.1. The van der Waals surface area contributed by atoms with Crippen molar-refractivity contribution in [1.29, 1.82) is 0 Å². The van der Waals surface area contributed by atoms with Crippen LogP contribution in [0.2, 0.25) is 0 Å². The van der Waals surface area contributed by atoms with E-state index in [0.717, 1.165) is 70.4 Å². The van der Waals surface area contributed by atoms with E-state index in [1.807, 2.05) is 29.2 Å². The Hall–Kier alpha value is -1.59. The second-order valence-electron chi connectivity index (χ2n) is 8.95. The van der Waals surface area contributed by atoms with E-state index in [1.54, 1.807) is 0 Å². The quantitative estimate of drug-likeness (QED) is 0.770. The van der Waals surface area contributed by atoms with E-state index in [4.69, 9.17) is 0 Å². The molecule has 2 amide bonds. The van der Waals surface area contributed by atoms with Gasteiger partial charge < -0.3 is 15.5 Å². The van der Waals surface area contributed by atoms with Crippen LogP contribution in [0.4, 0.5) is 5.69 Å². The number of nitrogens with one attached hydrogen (secondary N) is 2. The van der Waals surface area contributed by atoms with Crippen molar-refractivity contribution in [3.63, 3.8) is 0 Å². The SMILES string of the molecule is Cl.O=C(Nc1cccc(C(=O)N2CCC3(CCNCC3)CC2)c1)C1CCCCC1. The lowest BCUT2D eigenvalue weighted by Gasteiger charge is -2.44. The second-order valence-corrected chi connectivity index (χ2v) is 8.95. The number of amides is 2. The van der Waals surface area contributed by atoms with Gasteiger partial charge in [-0.2, -0.15) is 0 Å². The Balaban J connectivity index is 0.00000240. The molecule has 1 spiro atoms. The van der Waals surface area contributed by atoms with Crippen molar-refractivity contribution in [2.24, 2.45) is 11.3 Å². The van der Waals surface area contributed by atoms with Crippen LogP contribution < -0.4 is 10.6 Å². The molecule has 2 heterocycles. The van der Waals surface area contributed by atoms with E-state index in [9.17, 15) is 9.59 Å². The van der Waals surface area contributed by atoms with E-state index in [2.05, 4.69) is 10.6 Å². The zero-order chi connectivity index (χ0) is 19.4. The molecule has 2 aliphatic heterocycles. The first-order chi connectivity index (χ1) is 13.7. The molecule has 3 fully saturated rings. The van der Waals surface area contributed by atoms with Gasteiger partial charge in [-0.25, -0.2) is 0 Å². The molecule has 5 nitrogen and oxygen atoms in total. The Morgan fingerprint density at radius 2 is 1.69 bits per heavy atom. The summed E-state index contributed by atoms with van der Waals surface area (Å²) >= 11 is 0. The van der Waals surface area contributed by atoms with Crippen LogP contribution in [0.3, 0.4) is 0 Å². The number of halogens is 1. The highest BCUT2D eigenvalue weighted by atomic mass is 35.5. The van der Waals surface area contributed by atoms with Crippen LogP contribution in [0.15, 0.2) is 24.3 Å². The average Bonchev–Trinajstić information content (AvgIpc) is 2.75. The minimum atomic E-state index is 0. The molecule has 0 atom stereocenters. The third-order valence-corrected chi connectivity index (χ3v) is 7.13. The van der Waals surface area contributed by atoms with Gasteiger partial charge in [0.1, 0.15) is 0 Å². The zero-order valence-corrected chi connectivity index (χ0v) is 18.1. The molecular formula is C23H34ClN3O2. The van der Waals surface area contributed by atoms with E-state index >= 15 is 0 Å². The predicted octanol–water partition coefficient (Wildman–Crippen LogP) is 4.23. The maximum atomic E-state index is 13.0. The van der Waals surface area contributed by atoms with Gasteiger partial charge in [-0.15, -0.1) is 12.4 Å². The van der Waals surface area contributed by atoms with Crippen LogP contribution in [0, 0.1) is 11.3 Å². The predicted molar refractivity (Wildman–Crippen MR) is 119 cm³/mol. The molecule has 0 radical (unpaired) electrons. The Labute approximate surface area is 180 Å². The van der Waals surface area contributed by atoms with Gasteiger partial charge >= 0.3 is 0 Å². The van der Waals surface area contributed by atoms with Crippen LogP contribution in [0.25, 0.3) is 0 Å². The Bertz CT molecular complexity index is 702. The molecule has 160 valence electrons. The van der Waals surface area contributed by atoms with Gasteiger partial charge in [-0.3, -0.25) is 9.59 Å². The number of hydrogen-bond acceptors (Lipinski definition) is 3. The molecule has 29 heavy (non-hydrogen) atoms. The molecular weight excluding hydrogens is 386 g/mol. The summed E-state index contributed by atoms with van der Waals surface area (Å²) in [6, 6.07) is 7.48. The Kier molecular flexibility index (Phi) is 7.58. The summed E-state index contributed by atoms with van der Waals surface area (Å²) in [6.45, 7) is 3.91. The maximum absolute atomic E-state index is 13.0. The number of piperidine rings is 2. The molecule has 1 aromatic carbocycles. The van der Waals surface area contributed by atoms with Crippen LogP contribution in [-0.4, -0.2) is 42.9 Å². The fourth-order valence-electron chi connectivity index (χ4n) is 5.16. The molecule has 6 heteroatoms. The van der Waals surface area contributed by atoms with Gasteiger partial charge in [0.25, 0.3) is 5.91 Å². The minimum Gasteiger partial charge on any atom is -0.339 e. The highest BCUT2D eigenvalue weighted by molar-refractivity contribution is 5.97. The third-order valence-electron chi connectivity index (χ3n) is 7.13. The maximum Gasteiger partial charge on any atom is 0.253 e. The fraction of sp³-hybridized carbons (Fsp3) is 0.652. The first-order valence-electron chi connectivity index (χ1n) is 11.1. The highest BCUT2D eigenvalue weighted by Gasteiger charge is 2.36. The third kappa shape index (κ3) is 5.32. The number of nitrogens with zero attached hydrogens (tertiary/aromatic N) is 1. The fourth-order valence-corrected chi connectivity index (χ4v) is 5.16. The zero-order valence-electron chi connectivity index (χ0n) is 17.3. The summed E-state index contributed by atoms with van der Waals surface area (Å²) in [4.78, 5) is 27.5. The average molecular weight is 420 g/mol. The molecule has 0 aromatic heterocycles. The molecule has 3 aliphatic rings. The Morgan fingerprint density at radius 3 is 2.38 bits per heavy atom. The van der Waals surface area contributed by atoms with Crippen LogP contribution in [0.5, 0.6) is 0 Å². The number of benzene rings is 1. The largest absolute Gasteiger partial charge is 0.339 e. The first-order valence-corrected chi connectivity index (χ1v) is 11.1. The lowest BCUT2D eigenvalue weighted by atomic mass is 9.71. The van der Waals surface area contributed by atoms with E-state index in [1.165, 1.54) is 19.3 Å². The summed E-state index contributed by atoms with van der Waals surface area (Å²) in [5.41, 5.74) is 1.87. The van der Waals surface area contributed by atoms with Gasteiger partial charge in [0.05, 0.1) is 0 Å². The summed E-state index contributed by atoms with van der Waals surface area (Å²) < 4.78 is 0.